The van der Waals surface area contributed by atoms with Crippen LogP contribution in [0.3, 0.4) is 0 Å². The molecule has 0 aliphatic heterocycles. The largest absolute Gasteiger partial charge is 0.257 e. The lowest BCUT2D eigenvalue weighted by Crippen LogP contribution is -1.86. The first-order valence-electron chi connectivity index (χ1n) is 2.79. The molecule has 0 unspecified atom stereocenters. The molecule has 2 nitrogen and oxygen atoms in total. The third-order valence-corrected chi connectivity index (χ3v) is 1.45. The second-order valence-corrected chi connectivity index (χ2v) is 2.50. The van der Waals surface area contributed by atoms with Crippen LogP contribution in [-0.4, -0.2) is 9.97 Å². The van der Waals surface area contributed by atoms with Crippen molar-refractivity contribution in [2.75, 3.05) is 0 Å². The molecule has 1 aromatic rings. The normalized spacial score (nSPS) is 9.56. The van der Waals surface area contributed by atoms with Crippen molar-refractivity contribution >= 4 is 15.9 Å². The maximum atomic E-state index is 4.09. The van der Waals surface area contributed by atoms with E-state index in [-0.39, 0.29) is 0 Å². The van der Waals surface area contributed by atoms with E-state index >= 15 is 0 Å². The van der Waals surface area contributed by atoms with Crippen molar-refractivity contribution in [3.63, 3.8) is 0 Å². The molecule has 0 amide bonds. The summed E-state index contributed by atoms with van der Waals surface area (Å²) in [7, 11) is 0. The summed E-state index contributed by atoms with van der Waals surface area (Å²) in [5, 5.41) is 0. The Kier molecular flexibility index (Phi) is 2.16. The fraction of sp³-hybridized carbons (Fsp3) is 0.333. The van der Waals surface area contributed by atoms with Crippen LogP contribution >= 0.6 is 15.9 Å². The molecule has 0 fully saturated rings. The van der Waals surface area contributed by atoms with Gasteiger partial charge in [0.1, 0.15) is 4.60 Å². The van der Waals surface area contributed by atoms with Gasteiger partial charge in [0.25, 0.3) is 0 Å². The number of halogens is 1. The fourth-order valence-electron chi connectivity index (χ4n) is 0.522. The minimum atomic E-state index is 0.791. The monoisotopic (exact) mass is 186 g/mol. The highest BCUT2D eigenvalue weighted by Gasteiger charge is 1.88. The third kappa shape index (κ3) is 1.75. The Morgan fingerprint density at radius 1 is 1.44 bits per heavy atom. The van der Waals surface area contributed by atoms with Crippen molar-refractivity contribution in [3.05, 3.63) is 22.7 Å². The highest BCUT2D eigenvalue weighted by molar-refractivity contribution is 9.10. The average Bonchev–Trinajstić information content (AvgIpc) is 1.90. The molecule has 0 spiro atoms. The highest BCUT2D eigenvalue weighted by atomic mass is 79.9. The van der Waals surface area contributed by atoms with Gasteiger partial charge in [-0.15, -0.1) is 0 Å². The molecule has 0 aliphatic carbocycles. The van der Waals surface area contributed by atoms with Gasteiger partial charge in [0, 0.05) is 6.20 Å². The molecule has 0 aromatic carbocycles. The summed E-state index contributed by atoms with van der Waals surface area (Å²) in [6.45, 7) is 2.05. The first kappa shape index (κ1) is 6.68. The molecule has 0 radical (unpaired) electrons. The van der Waals surface area contributed by atoms with E-state index in [9.17, 15) is 0 Å². The summed E-state index contributed by atoms with van der Waals surface area (Å²) in [6, 6.07) is 0. The summed E-state index contributed by atoms with van der Waals surface area (Å²) < 4.78 is 0.791. The Hall–Kier alpha value is -0.440. The predicted molar refractivity (Wildman–Crippen MR) is 39.1 cm³/mol. The van der Waals surface area contributed by atoms with Gasteiger partial charge in [-0.25, -0.2) is 4.98 Å². The van der Waals surface area contributed by atoms with Crippen LogP contribution in [0.1, 0.15) is 12.6 Å². The number of aromatic nitrogens is 2. The van der Waals surface area contributed by atoms with Crippen LogP contribution in [0.2, 0.25) is 0 Å². The van der Waals surface area contributed by atoms with Crippen molar-refractivity contribution < 1.29 is 0 Å². The van der Waals surface area contributed by atoms with Crippen LogP contribution in [0.5, 0.6) is 0 Å². The Morgan fingerprint density at radius 3 is 2.67 bits per heavy atom. The third-order valence-electron chi connectivity index (χ3n) is 1.04. The van der Waals surface area contributed by atoms with E-state index < -0.39 is 0 Å². The lowest BCUT2D eigenvalue weighted by Gasteiger charge is -1.91. The molecule has 0 saturated carbocycles. The molecule has 0 N–H and O–H groups in total. The first-order chi connectivity index (χ1) is 4.33. The molecule has 0 aliphatic rings. The number of aryl methyl sites for hydroxylation is 1. The van der Waals surface area contributed by atoms with E-state index in [1.165, 1.54) is 0 Å². The maximum Gasteiger partial charge on any atom is 0.124 e. The second-order valence-electron chi connectivity index (χ2n) is 1.68. The van der Waals surface area contributed by atoms with E-state index in [0.717, 1.165) is 16.7 Å². The number of rotatable bonds is 1. The number of nitrogens with zero attached hydrogens (tertiary/aromatic N) is 2. The molecule has 0 atom stereocenters. The zero-order valence-electron chi connectivity index (χ0n) is 5.13. The van der Waals surface area contributed by atoms with Crippen molar-refractivity contribution in [1.82, 2.24) is 9.97 Å². The van der Waals surface area contributed by atoms with Crippen molar-refractivity contribution in [1.29, 1.82) is 0 Å². The standard InChI is InChI=1S/C6H7BrN2/c1-2-5-3-9-6(7)4-8-5/h3-4H,2H2,1H3. The zero-order chi connectivity index (χ0) is 6.69. The van der Waals surface area contributed by atoms with Gasteiger partial charge in [0.05, 0.1) is 11.9 Å². The summed E-state index contributed by atoms with van der Waals surface area (Å²) >= 11 is 3.20. The van der Waals surface area contributed by atoms with Crippen molar-refractivity contribution in [3.8, 4) is 0 Å². The van der Waals surface area contributed by atoms with Gasteiger partial charge in [0.2, 0.25) is 0 Å². The molecule has 0 bridgehead atoms. The Balaban J connectivity index is 2.88. The summed E-state index contributed by atoms with van der Waals surface area (Å²) in [6.07, 6.45) is 4.42. The second kappa shape index (κ2) is 2.92. The molecular weight excluding hydrogens is 180 g/mol. The van der Waals surface area contributed by atoms with E-state index in [0.29, 0.717) is 0 Å². The van der Waals surface area contributed by atoms with Gasteiger partial charge >= 0.3 is 0 Å². The lowest BCUT2D eigenvalue weighted by molar-refractivity contribution is 0.989. The molecule has 0 saturated heterocycles. The van der Waals surface area contributed by atoms with Gasteiger partial charge in [-0.3, -0.25) is 4.98 Å². The van der Waals surface area contributed by atoms with E-state index in [2.05, 4.69) is 32.8 Å². The van der Waals surface area contributed by atoms with Crippen LogP contribution in [-0.2, 0) is 6.42 Å². The minimum absolute atomic E-state index is 0.791. The topological polar surface area (TPSA) is 25.8 Å². The van der Waals surface area contributed by atoms with Crippen LogP contribution in [0.15, 0.2) is 17.0 Å². The smallest absolute Gasteiger partial charge is 0.124 e. The minimum Gasteiger partial charge on any atom is -0.257 e. The summed E-state index contributed by atoms with van der Waals surface area (Å²) in [4.78, 5) is 8.09. The Bertz CT molecular complexity index is 183. The van der Waals surface area contributed by atoms with Gasteiger partial charge in [-0.2, -0.15) is 0 Å². The number of hydrogen-bond donors (Lipinski definition) is 0. The summed E-state index contributed by atoms with van der Waals surface area (Å²) in [5.74, 6) is 0. The lowest BCUT2D eigenvalue weighted by atomic mass is 10.4. The van der Waals surface area contributed by atoms with Crippen LogP contribution in [0.4, 0.5) is 0 Å². The average molecular weight is 187 g/mol. The fourth-order valence-corrected chi connectivity index (χ4v) is 0.726. The predicted octanol–water partition coefficient (Wildman–Crippen LogP) is 1.80. The van der Waals surface area contributed by atoms with Gasteiger partial charge in [0.15, 0.2) is 0 Å². The van der Waals surface area contributed by atoms with Crippen LogP contribution in [0, 0.1) is 0 Å². The van der Waals surface area contributed by atoms with Crippen molar-refractivity contribution in [2.45, 2.75) is 13.3 Å². The van der Waals surface area contributed by atoms with E-state index in [1.54, 1.807) is 12.4 Å². The van der Waals surface area contributed by atoms with Gasteiger partial charge < -0.3 is 0 Å². The van der Waals surface area contributed by atoms with Gasteiger partial charge in [-0.1, -0.05) is 6.92 Å². The van der Waals surface area contributed by atoms with Crippen LogP contribution in [0.25, 0.3) is 0 Å². The molecular formula is C6H7BrN2. The summed E-state index contributed by atoms with van der Waals surface area (Å²) in [5.41, 5.74) is 1.03. The van der Waals surface area contributed by atoms with Crippen molar-refractivity contribution in [2.24, 2.45) is 0 Å². The highest BCUT2D eigenvalue weighted by Crippen LogP contribution is 2.02. The maximum absolute atomic E-state index is 4.09. The quantitative estimate of drug-likeness (QED) is 0.669. The molecule has 48 valence electrons. The molecule has 1 aromatic heterocycles. The molecule has 1 heterocycles. The van der Waals surface area contributed by atoms with Crippen LogP contribution < -0.4 is 0 Å². The molecule has 9 heavy (non-hydrogen) atoms. The zero-order valence-corrected chi connectivity index (χ0v) is 6.72. The Labute approximate surface area is 62.5 Å². The first-order valence-corrected chi connectivity index (χ1v) is 3.58. The molecule has 1 rings (SSSR count). The van der Waals surface area contributed by atoms with Gasteiger partial charge in [-0.05, 0) is 22.4 Å². The Morgan fingerprint density at radius 2 is 2.22 bits per heavy atom. The van der Waals surface area contributed by atoms with E-state index in [1.807, 2.05) is 0 Å². The SMILES string of the molecule is CCc1cnc(Br)cn1. The van der Waals surface area contributed by atoms with E-state index in [4.69, 9.17) is 0 Å². The molecule has 3 heteroatoms. The number of hydrogen-bond acceptors (Lipinski definition) is 2.